The van der Waals surface area contributed by atoms with Crippen molar-refractivity contribution < 1.29 is 0 Å². The summed E-state index contributed by atoms with van der Waals surface area (Å²) in [6.07, 6.45) is 0. The number of rotatable bonds is 4. The minimum atomic E-state index is -1.65. The van der Waals surface area contributed by atoms with Crippen molar-refractivity contribution >= 4 is 16.8 Å². The van der Waals surface area contributed by atoms with Gasteiger partial charge in [-0.1, -0.05) is 13.8 Å². The maximum atomic E-state index is 6.06. The first-order chi connectivity index (χ1) is 4.83. The van der Waals surface area contributed by atoms with Crippen molar-refractivity contribution in [3.05, 3.63) is 0 Å². The molecule has 0 aliphatic rings. The summed E-state index contributed by atoms with van der Waals surface area (Å²) in [6, 6.07) is 2.10. The maximum absolute atomic E-state index is 6.06. The van der Waals surface area contributed by atoms with Crippen LogP contribution in [-0.4, -0.2) is 16.8 Å². The monoisotopic (exact) mass is 191 g/mol. The van der Waals surface area contributed by atoms with Crippen molar-refractivity contribution in [2.24, 2.45) is 10.8 Å². The Balaban J connectivity index is 4.02. The fraction of sp³-hybridized carbons (Fsp3) is 1.00. The van der Waals surface area contributed by atoms with Gasteiger partial charge >= 0.3 is 0 Å². The quantitative estimate of drug-likeness (QED) is 0.573. The van der Waals surface area contributed by atoms with E-state index in [0.29, 0.717) is 0 Å². The molecule has 0 aliphatic carbocycles. The SMILES string of the molecule is CC[Si](C)(N)N[Si](C)(N)CC. The predicted octanol–water partition coefficient (Wildman–Crippen LogP) is 0.677. The minimum Gasteiger partial charge on any atom is -0.339 e. The van der Waals surface area contributed by atoms with E-state index in [2.05, 4.69) is 31.6 Å². The zero-order valence-electron chi connectivity index (χ0n) is 8.07. The summed E-state index contributed by atoms with van der Waals surface area (Å²) in [5.41, 5.74) is 0. The molecule has 0 spiro atoms. The first-order valence-corrected chi connectivity index (χ1v) is 9.77. The normalized spacial score (nSPS) is 22.4. The number of hydrogen-bond acceptors (Lipinski definition) is 3. The highest BCUT2D eigenvalue weighted by atomic mass is 28.4. The van der Waals surface area contributed by atoms with Gasteiger partial charge < -0.3 is 15.4 Å². The van der Waals surface area contributed by atoms with Gasteiger partial charge in [0.2, 0.25) is 0 Å². The van der Waals surface area contributed by atoms with Gasteiger partial charge in [-0.3, -0.25) is 0 Å². The molecule has 0 radical (unpaired) electrons. The highest BCUT2D eigenvalue weighted by Gasteiger charge is 2.29. The summed E-state index contributed by atoms with van der Waals surface area (Å²) in [4.78, 5) is 0. The Morgan fingerprint density at radius 3 is 1.45 bits per heavy atom. The molecule has 0 fully saturated rings. The lowest BCUT2D eigenvalue weighted by molar-refractivity contribution is 1.13. The molecule has 0 heterocycles. The van der Waals surface area contributed by atoms with E-state index in [9.17, 15) is 0 Å². The molecule has 0 saturated carbocycles. The molecule has 0 bridgehead atoms. The van der Waals surface area contributed by atoms with Gasteiger partial charge in [0.05, 0.1) is 0 Å². The van der Waals surface area contributed by atoms with Gasteiger partial charge in [-0.15, -0.1) is 0 Å². The fourth-order valence-electron chi connectivity index (χ4n) is 0.829. The molecule has 5 heteroatoms. The third kappa shape index (κ3) is 4.70. The molecular weight excluding hydrogens is 170 g/mol. The van der Waals surface area contributed by atoms with E-state index < -0.39 is 16.8 Å². The Hall–Kier alpha value is 0.314. The van der Waals surface area contributed by atoms with Gasteiger partial charge in [0.15, 0.2) is 16.8 Å². The molecule has 11 heavy (non-hydrogen) atoms. The summed E-state index contributed by atoms with van der Waals surface area (Å²) < 4.78 is 3.47. The lowest BCUT2D eigenvalue weighted by Gasteiger charge is -2.31. The fourth-order valence-corrected chi connectivity index (χ4v) is 7.46. The van der Waals surface area contributed by atoms with E-state index >= 15 is 0 Å². The first kappa shape index (κ1) is 11.3. The summed E-state index contributed by atoms with van der Waals surface area (Å²) in [5, 5.41) is 12.1. The highest BCUT2D eigenvalue weighted by molar-refractivity contribution is 6.89. The molecule has 0 aromatic heterocycles. The van der Waals surface area contributed by atoms with Crippen LogP contribution in [0.2, 0.25) is 25.2 Å². The number of nitrogens with one attached hydrogen (secondary N) is 1. The zero-order chi connectivity index (χ0) is 9.12. The van der Waals surface area contributed by atoms with Crippen molar-refractivity contribution in [2.75, 3.05) is 0 Å². The van der Waals surface area contributed by atoms with Crippen LogP contribution >= 0.6 is 0 Å². The van der Waals surface area contributed by atoms with E-state index in [1.54, 1.807) is 0 Å². The molecule has 3 nitrogen and oxygen atoms in total. The summed E-state index contributed by atoms with van der Waals surface area (Å²) in [5.74, 6) is 0. The van der Waals surface area contributed by atoms with E-state index in [0.717, 1.165) is 12.1 Å². The molecule has 2 atom stereocenters. The van der Waals surface area contributed by atoms with Gasteiger partial charge in [0.25, 0.3) is 0 Å². The zero-order valence-corrected chi connectivity index (χ0v) is 10.1. The van der Waals surface area contributed by atoms with Gasteiger partial charge in [-0.2, -0.15) is 0 Å². The van der Waals surface area contributed by atoms with Crippen molar-refractivity contribution in [1.29, 1.82) is 0 Å². The minimum absolute atomic E-state index is 1.05. The second-order valence-electron chi connectivity index (χ2n) is 3.67. The topological polar surface area (TPSA) is 64.1 Å². The molecule has 5 N–H and O–H groups in total. The van der Waals surface area contributed by atoms with Crippen LogP contribution in [0.25, 0.3) is 0 Å². The van der Waals surface area contributed by atoms with Crippen LogP contribution in [0.4, 0.5) is 0 Å². The Labute approximate surface area is 71.9 Å². The van der Waals surface area contributed by atoms with Gasteiger partial charge in [-0.25, -0.2) is 0 Å². The Bertz CT molecular complexity index is 111. The van der Waals surface area contributed by atoms with Crippen LogP contribution in [0.1, 0.15) is 13.8 Å². The third-order valence-corrected chi connectivity index (χ3v) is 9.55. The molecule has 2 unspecified atom stereocenters. The second-order valence-corrected chi connectivity index (χ2v) is 11.8. The highest BCUT2D eigenvalue weighted by Crippen LogP contribution is 2.03. The van der Waals surface area contributed by atoms with Crippen LogP contribution in [0.15, 0.2) is 0 Å². The van der Waals surface area contributed by atoms with Crippen LogP contribution in [0, 0.1) is 0 Å². The van der Waals surface area contributed by atoms with Gasteiger partial charge in [0.1, 0.15) is 0 Å². The summed E-state index contributed by atoms with van der Waals surface area (Å²) in [7, 11) is -3.29. The molecule has 0 amide bonds. The molecule has 0 aromatic rings. The van der Waals surface area contributed by atoms with Crippen LogP contribution in [0.3, 0.4) is 0 Å². The molecule has 0 aromatic carbocycles. The smallest absolute Gasteiger partial charge is 0.189 e. The number of hydrogen-bond donors (Lipinski definition) is 3. The Kier molecular flexibility index (Phi) is 3.92. The Morgan fingerprint density at radius 2 is 1.27 bits per heavy atom. The van der Waals surface area contributed by atoms with Crippen LogP contribution in [-0.2, 0) is 0 Å². The largest absolute Gasteiger partial charge is 0.339 e. The number of nitrogens with two attached hydrogens (primary N) is 2. The standard InChI is InChI=1S/C6H21N3Si2/c1-5-10(3,7)9-11(4,8)6-2/h9H,5-8H2,1-4H3. The van der Waals surface area contributed by atoms with Gasteiger partial charge in [-0.05, 0) is 25.2 Å². The van der Waals surface area contributed by atoms with E-state index in [1.165, 1.54) is 0 Å². The maximum Gasteiger partial charge on any atom is 0.189 e. The van der Waals surface area contributed by atoms with Crippen LogP contribution < -0.4 is 15.4 Å². The lowest BCUT2D eigenvalue weighted by atomic mass is 11.0. The van der Waals surface area contributed by atoms with Crippen LogP contribution in [0.5, 0.6) is 0 Å². The molecule has 68 valence electrons. The van der Waals surface area contributed by atoms with Crippen molar-refractivity contribution in [3.8, 4) is 0 Å². The van der Waals surface area contributed by atoms with Crippen molar-refractivity contribution in [3.63, 3.8) is 0 Å². The summed E-state index contributed by atoms with van der Waals surface area (Å²) >= 11 is 0. The predicted molar refractivity (Wildman–Crippen MR) is 55.7 cm³/mol. The van der Waals surface area contributed by atoms with Crippen molar-refractivity contribution in [1.82, 2.24) is 4.65 Å². The molecular formula is C6H21N3Si2. The molecule has 0 aliphatic heterocycles. The Morgan fingerprint density at radius 1 is 1.00 bits per heavy atom. The van der Waals surface area contributed by atoms with Gasteiger partial charge in [0, 0.05) is 0 Å². The van der Waals surface area contributed by atoms with E-state index in [-0.39, 0.29) is 0 Å². The summed E-state index contributed by atoms with van der Waals surface area (Å²) in [6.45, 7) is 8.50. The van der Waals surface area contributed by atoms with E-state index in [1.807, 2.05) is 0 Å². The molecule has 0 saturated heterocycles. The van der Waals surface area contributed by atoms with Crippen molar-refractivity contribution in [2.45, 2.75) is 39.0 Å². The average molecular weight is 191 g/mol. The third-order valence-electron chi connectivity index (χ3n) is 2.04. The lowest BCUT2D eigenvalue weighted by Crippen LogP contribution is -2.70. The molecule has 0 rings (SSSR count). The second kappa shape index (κ2) is 3.82. The first-order valence-electron chi connectivity index (χ1n) is 4.20. The average Bonchev–Trinajstić information content (AvgIpc) is 1.86. The van der Waals surface area contributed by atoms with E-state index in [4.69, 9.17) is 10.8 Å².